The summed E-state index contributed by atoms with van der Waals surface area (Å²) in [6, 6.07) is 0.108. The van der Waals surface area contributed by atoms with Gasteiger partial charge in [-0.2, -0.15) is 0 Å². The molecule has 0 heterocycles. The van der Waals surface area contributed by atoms with Gasteiger partial charge in [0.1, 0.15) is 0 Å². The Hall–Kier alpha value is -0.120. The molecule has 0 aliphatic rings. The summed E-state index contributed by atoms with van der Waals surface area (Å²) in [5.74, 6) is 0. The Labute approximate surface area is 94.2 Å². The Balaban J connectivity index is 3.22. The van der Waals surface area contributed by atoms with Crippen molar-refractivity contribution < 1.29 is 9.84 Å². The van der Waals surface area contributed by atoms with Gasteiger partial charge in [0.2, 0.25) is 0 Å². The van der Waals surface area contributed by atoms with Crippen LogP contribution in [0.25, 0.3) is 0 Å². The number of ether oxygens (including phenoxy) is 1. The molecule has 0 saturated carbocycles. The first kappa shape index (κ1) is 14.9. The van der Waals surface area contributed by atoms with Crippen LogP contribution in [0.1, 0.15) is 46.0 Å². The van der Waals surface area contributed by atoms with Crippen LogP contribution in [0, 0.1) is 0 Å². The zero-order valence-corrected chi connectivity index (χ0v) is 10.3. The van der Waals surface area contributed by atoms with Crippen LogP contribution in [-0.2, 0) is 4.74 Å². The van der Waals surface area contributed by atoms with Gasteiger partial charge in [-0.15, -0.1) is 0 Å². The molecule has 0 aromatic rings. The first-order valence-electron chi connectivity index (χ1n) is 6.27. The normalized spacial score (nSPS) is 13.0. The fourth-order valence-corrected chi connectivity index (χ4v) is 1.38. The molecule has 0 aliphatic carbocycles. The fraction of sp³-hybridized carbons (Fsp3) is 1.00. The quantitative estimate of drug-likeness (QED) is 0.520. The number of unbranched alkanes of at least 4 members (excludes halogenated alkanes) is 3. The number of nitrogens with one attached hydrogen (secondary N) is 1. The Bertz CT molecular complexity index is 120. The summed E-state index contributed by atoms with van der Waals surface area (Å²) in [6.07, 6.45) is 6.04. The highest BCUT2D eigenvalue weighted by Crippen LogP contribution is 1.99. The van der Waals surface area contributed by atoms with Crippen molar-refractivity contribution in [3.63, 3.8) is 0 Å². The molecule has 3 heteroatoms. The number of aliphatic hydroxyl groups is 1. The van der Waals surface area contributed by atoms with Gasteiger partial charge in [0, 0.05) is 6.61 Å². The van der Waals surface area contributed by atoms with Gasteiger partial charge in [-0.05, 0) is 19.4 Å². The van der Waals surface area contributed by atoms with Crippen molar-refractivity contribution in [2.24, 2.45) is 0 Å². The molecule has 0 radical (unpaired) electrons. The van der Waals surface area contributed by atoms with E-state index >= 15 is 0 Å². The maximum absolute atomic E-state index is 9.05. The van der Waals surface area contributed by atoms with Gasteiger partial charge in [0.25, 0.3) is 0 Å². The highest BCUT2D eigenvalue weighted by Gasteiger charge is 2.04. The van der Waals surface area contributed by atoms with Gasteiger partial charge in [0.05, 0.1) is 19.3 Å². The van der Waals surface area contributed by atoms with Crippen LogP contribution < -0.4 is 5.32 Å². The second kappa shape index (κ2) is 12.0. The molecule has 0 saturated heterocycles. The largest absolute Gasteiger partial charge is 0.395 e. The van der Waals surface area contributed by atoms with Crippen LogP contribution in [-0.4, -0.2) is 37.5 Å². The van der Waals surface area contributed by atoms with E-state index in [0.717, 1.165) is 26.0 Å². The zero-order chi connectivity index (χ0) is 11.4. The molecule has 0 bridgehead atoms. The third kappa shape index (κ3) is 10.2. The molecule has 2 N–H and O–H groups in total. The Morgan fingerprint density at radius 3 is 2.53 bits per heavy atom. The second-order valence-electron chi connectivity index (χ2n) is 3.97. The van der Waals surface area contributed by atoms with Gasteiger partial charge in [-0.3, -0.25) is 0 Å². The van der Waals surface area contributed by atoms with E-state index in [-0.39, 0.29) is 12.6 Å². The van der Waals surface area contributed by atoms with E-state index < -0.39 is 0 Å². The molecule has 0 spiro atoms. The molecule has 0 amide bonds. The molecular weight excluding hydrogens is 190 g/mol. The summed E-state index contributed by atoms with van der Waals surface area (Å²) in [7, 11) is 0. The van der Waals surface area contributed by atoms with E-state index in [1.54, 1.807) is 0 Å². The third-order valence-electron chi connectivity index (χ3n) is 2.36. The minimum absolute atomic E-state index is 0.108. The van der Waals surface area contributed by atoms with Gasteiger partial charge >= 0.3 is 0 Å². The lowest BCUT2D eigenvalue weighted by Crippen LogP contribution is -2.37. The molecule has 0 fully saturated rings. The monoisotopic (exact) mass is 217 g/mol. The molecule has 92 valence electrons. The lowest BCUT2D eigenvalue weighted by Gasteiger charge is -2.15. The molecular formula is C12H27NO2. The molecule has 0 rings (SSSR count). The van der Waals surface area contributed by atoms with E-state index in [4.69, 9.17) is 9.84 Å². The second-order valence-corrected chi connectivity index (χ2v) is 3.97. The van der Waals surface area contributed by atoms with E-state index in [2.05, 4.69) is 19.2 Å². The van der Waals surface area contributed by atoms with Crippen molar-refractivity contribution in [2.75, 3.05) is 26.4 Å². The smallest absolute Gasteiger partial charge is 0.0642 e. The molecule has 1 atom stereocenters. The maximum atomic E-state index is 9.05. The van der Waals surface area contributed by atoms with Crippen molar-refractivity contribution in [2.45, 2.75) is 52.0 Å². The number of hydrogen-bond donors (Lipinski definition) is 2. The summed E-state index contributed by atoms with van der Waals surface area (Å²) < 4.78 is 5.51. The predicted octanol–water partition coefficient (Wildman–Crippen LogP) is 1.94. The van der Waals surface area contributed by atoms with Gasteiger partial charge < -0.3 is 15.2 Å². The number of hydrogen-bond acceptors (Lipinski definition) is 3. The van der Waals surface area contributed by atoms with Crippen LogP contribution >= 0.6 is 0 Å². The van der Waals surface area contributed by atoms with Gasteiger partial charge in [0.15, 0.2) is 0 Å². The minimum atomic E-state index is 0.108. The Kier molecular flexibility index (Phi) is 11.9. The van der Waals surface area contributed by atoms with Crippen LogP contribution in [0.4, 0.5) is 0 Å². The Morgan fingerprint density at radius 2 is 1.93 bits per heavy atom. The van der Waals surface area contributed by atoms with Crippen molar-refractivity contribution in [1.82, 2.24) is 5.32 Å². The lowest BCUT2D eigenvalue weighted by molar-refractivity contribution is 0.0862. The molecule has 0 aromatic carbocycles. The third-order valence-corrected chi connectivity index (χ3v) is 2.36. The van der Waals surface area contributed by atoms with Crippen molar-refractivity contribution >= 4 is 0 Å². The first-order valence-corrected chi connectivity index (χ1v) is 6.27. The van der Waals surface area contributed by atoms with Crippen LogP contribution in [0.3, 0.4) is 0 Å². The van der Waals surface area contributed by atoms with E-state index in [9.17, 15) is 0 Å². The van der Waals surface area contributed by atoms with Crippen molar-refractivity contribution in [3.05, 3.63) is 0 Å². The lowest BCUT2D eigenvalue weighted by atomic mass is 10.2. The summed E-state index contributed by atoms with van der Waals surface area (Å²) >= 11 is 0. The SMILES string of the molecule is CCCCCCOCC(CO)NCCC. The first-order chi connectivity index (χ1) is 7.35. The zero-order valence-electron chi connectivity index (χ0n) is 10.3. The maximum Gasteiger partial charge on any atom is 0.0642 e. The van der Waals surface area contributed by atoms with Crippen LogP contribution in [0.5, 0.6) is 0 Å². The van der Waals surface area contributed by atoms with E-state index in [0.29, 0.717) is 6.61 Å². The topological polar surface area (TPSA) is 41.5 Å². The van der Waals surface area contributed by atoms with Crippen molar-refractivity contribution in [3.8, 4) is 0 Å². The predicted molar refractivity (Wildman–Crippen MR) is 64.1 cm³/mol. The summed E-state index contributed by atoms with van der Waals surface area (Å²) in [6.45, 7) is 6.89. The summed E-state index contributed by atoms with van der Waals surface area (Å²) in [4.78, 5) is 0. The molecule has 0 aliphatic heterocycles. The van der Waals surface area contributed by atoms with Gasteiger partial charge in [-0.25, -0.2) is 0 Å². The van der Waals surface area contributed by atoms with Crippen LogP contribution in [0.2, 0.25) is 0 Å². The molecule has 0 aromatic heterocycles. The van der Waals surface area contributed by atoms with Crippen molar-refractivity contribution in [1.29, 1.82) is 0 Å². The van der Waals surface area contributed by atoms with Gasteiger partial charge in [-0.1, -0.05) is 33.1 Å². The Morgan fingerprint density at radius 1 is 1.13 bits per heavy atom. The highest BCUT2D eigenvalue weighted by molar-refractivity contribution is 4.63. The standard InChI is InChI=1S/C12H27NO2/c1-3-5-6-7-9-15-11-12(10-14)13-8-4-2/h12-14H,3-11H2,1-2H3. The summed E-state index contributed by atoms with van der Waals surface area (Å²) in [5, 5.41) is 12.3. The fourth-order valence-electron chi connectivity index (χ4n) is 1.38. The van der Waals surface area contributed by atoms with E-state index in [1.807, 2.05) is 0 Å². The summed E-state index contributed by atoms with van der Waals surface area (Å²) in [5.41, 5.74) is 0. The average molecular weight is 217 g/mol. The molecule has 3 nitrogen and oxygen atoms in total. The minimum Gasteiger partial charge on any atom is -0.395 e. The molecule has 1 unspecified atom stereocenters. The highest BCUT2D eigenvalue weighted by atomic mass is 16.5. The molecule has 15 heavy (non-hydrogen) atoms. The average Bonchev–Trinajstić information content (AvgIpc) is 2.27. The van der Waals surface area contributed by atoms with E-state index in [1.165, 1.54) is 19.3 Å². The number of rotatable bonds is 11. The van der Waals surface area contributed by atoms with Crippen LogP contribution in [0.15, 0.2) is 0 Å². The number of aliphatic hydroxyl groups excluding tert-OH is 1.